The largest absolute Gasteiger partial charge is 0.393 e. The first-order valence-electron chi connectivity index (χ1n) is 4.05. The van der Waals surface area contributed by atoms with Gasteiger partial charge in [0.25, 0.3) is 0 Å². The van der Waals surface area contributed by atoms with Crippen LogP contribution in [0.5, 0.6) is 0 Å². The van der Waals surface area contributed by atoms with E-state index >= 15 is 0 Å². The van der Waals surface area contributed by atoms with Crippen molar-refractivity contribution >= 4 is 5.91 Å². The minimum atomic E-state index is -0.217. The highest BCUT2D eigenvalue weighted by Gasteiger charge is 2.24. The van der Waals surface area contributed by atoms with Gasteiger partial charge in [-0.25, -0.2) is 0 Å². The van der Waals surface area contributed by atoms with Gasteiger partial charge in [0.05, 0.1) is 6.10 Å². The van der Waals surface area contributed by atoms with Gasteiger partial charge in [-0.05, 0) is 12.3 Å². The summed E-state index contributed by atoms with van der Waals surface area (Å²) in [5.41, 5.74) is 0. The van der Waals surface area contributed by atoms with Crippen LogP contribution < -0.4 is 0 Å². The summed E-state index contributed by atoms with van der Waals surface area (Å²) in [4.78, 5) is 12.7. The number of hydrogen-bond acceptors (Lipinski definition) is 2. The van der Waals surface area contributed by atoms with E-state index < -0.39 is 0 Å². The molecule has 3 heteroatoms. The molecule has 0 bridgehead atoms. The summed E-state index contributed by atoms with van der Waals surface area (Å²) >= 11 is 0. The van der Waals surface area contributed by atoms with Crippen LogP contribution in [0.4, 0.5) is 0 Å². The van der Waals surface area contributed by atoms with Crippen LogP contribution >= 0.6 is 0 Å². The molecule has 1 saturated heterocycles. The minimum absolute atomic E-state index is 0.115. The van der Waals surface area contributed by atoms with E-state index in [9.17, 15) is 9.90 Å². The van der Waals surface area contributed by atoms with Crippen molar-refractivity contribution in [1.29, 1.82) is 0 Å². The van der Waals surface area contributed by atoms with Crippen LogP contribution in [0.15, 0.2) is 0 Å². The van der Waals surface area contributed by atoms with Crippen LogP contribution in [0.3, 0.4) is 0 Å². The highest BCUT2D eigenvalue weighted by molar-refractivity contribution is 5.73. The standard InChI is InChI=1S/C8H15NO2/c1-6-5-9(7(2)10)4-3-8(6)11/h6,8,11H,3-5H2,1-2H3/t6-,8+/m1/s1. The van der Waals surface area contributed by atoms with Gasteiger partial charge in [0, 0.05) is 20.0 Å². The number of likely N-dealkylation sites (tertiary alicyclic amines) is 1. The zero-order chi connectivity index (χ0) is 8.43. The summed E-state index contributed by atoms with van der Waals surface area (Å²) in [6, 6.07) is 0. The SMILES string of the molecule is CC(=O)N1CC[C@H](O)[C@H](C)C1. The van der Waals surface area contributed by atoms with E-state index in [1.807, 2.05) is 6.92 Å². The molecular weight excluding hydrogens is 142 g/mol. The normalized spacial score (nSPS) is 32.1. The van der Waals surface area contributed by atoms with Gasteiger partial charge in [0.1, 0.15) is 0 Å². The summed E-state index contributed by atoms with van der Waals surface area (Å²) in [6.45, 7) is 4.96. The van der Waals surface area contributed by atoms with Crippen molar-refractivity contribution in [2.24, 2.45) is 5.92 Å². The molecule has 1 N–H and O–H groups in total. The Hall–Kier alpha value is -0.570. The second kappa shape index (κ2) is 3.22. The molecule has 0 aliphatic carbocycles. The number of rotatable bonds is 0. The summed E-state index contributed by atoms with van der Waals surface area (Å²) in [5.74, 6) is 0.344. The molecule has 3 nitrogen and oxygen atoms in total. The van der Waals surface area contributed by atoms with Gasteiger partial charge in [-0.15, -0.1) is 0 Å². The van der Waals surface area contributed by atoms with E-state index in [4.69, 9.17) is 0 Å². The monoisotopic (exact) mass is 157 g/mol. The molecule has 0 saturated carbocycles. The average molecular weight is 157 g/mol. The fraction of sp³-hybridized carbons (Fsp3) is 0.875. The molecule has 1 aliphatic rings. The van der Waals surface area contributed by atoms with Gasteiger partial charge in [-0.2, -0.15) is 0 Å². The molecule has 1 heterocycles. The Kier molecular flexibility index (Phi) is 2.49. The van der Waals surface area contributed by atoms with E-state index in [1.165, 1.54) is 0 Å². The molecule has 11 heavy (non-hydrogen) atoms. The number of piperidine rings is 1. The molecule has 0 aromatic heterocycles. The molecule has 0 aromatic carbocycles. The maximum absolute atomic E-state index is 10.9. The first-order valence-corrected chi connectivity index (χ1v) is 4.05. The molecule has 0 radical (unpaired) electrons. The smallest absolute Gasteiger partial charge is 0.219 e. The van der Waals surface area contributed by atoms with Crippen LogP contribution in [0, 0.1) is 5.92 Å². The number of aliphatic hydroxyl groups excluding tert-OH is 1. The molecule has 2 atom stereocenters. The Morgan fingerprint density at radius 3 is 2.73 bits per heavy atom. The highest BCUT2D eigenvalue weighted by atomic mass is 16.3. The molecule has 64 valence electrons. The first-order chi connectivity index (χ1) is 5.11. The number of carbonyl (C=O) groups excluding carboxylic acids is 1. The second-order valence-corrected chi connectivity index (χ2v) is 3.30. The maximum atomic E-state index is 10.9. The molecule has 1 fully saturated rings. The number of hydrogen-bond donors (Lipinski definition) is 1. The summed E-state index contributed by atoms with van der Waals surface area (Å²) in [6.07, 6.45) is 0.506. The molecule has 1 aliphatic heterocycles. The molecule has 1 rings (SSSR count). The van der Waals surface area contributed by atoms with Gasteiger partial charge < -0.3 is 10.0 Å². The van der Waals surface area contributed by atoms with Crippen LogP contribution in [0.25, 0.3) is 0 Å². The Morgan fingerprint density at radius 2 is 2.27 bits per heavy atom. The van der Waals surface area contributed by atoms with Crippen molar-refractivity contribution in [2.75, 3.05) is 13.1 Å². The van der Waals surface area contributed by atoms with Crippen LogP contribution in [0.1, 0.15) is 20.3 Å². The van der Waals surface area contributed by atoms with Gasteiger partial charge in [-0.1, -0.05) is 6.92 Å². The molecule has 0 aromatic rings. The van der Waals surface area contributed by atoms with Gasteiger partial charge in [0.15, 0.2) is 0 Å². The van der Waals surface area contributed by atoms with Crippen molar-refractivity contribution in [2.45, 2.75) is 26.4 Å². The molecule has 1 amide bonds. The van der Waals surface area contributed by atoms with Crippen molar-refractivity contribution in [3.8, 4) is 0 Å². The Labute approximate surface area is 67.0 Å². The topological polar surface area (TPSA) is 40.5 Å². The molecule has 0 unspecified atom stereocenters. The van der Waals surface area contributed by atoms with Crippen LogP contribution in [-0.2, 0) is 4.79 Å². The van der Waals surface area contributed by atoms with Crippen LogP contribution in [0.2, 0.25) is 0 Å². The minimum Gasteiger partial charge on any atom is -0.393 e. The quantitative estimate of drug-likeness (QED) is 0.547. The number of amides is 1. The van der Waals surface area contributed by atoms with E-state index in [1.54, 1.807) is 11.8 Å². The van der Waals surface area contributed by atoms with Crippen molar-refractivity contribution < 1.29 is 9.90 Å². The number of carbonyl (C=O) groups is 1. The third kappa shape index (κ3) is 1.93. The van der Waals surface area contributed by atoms with E-state index in [2.05, 4.69) is 0 Å². The zero-order valence-electron chi connectivity index (χ0n) is 7.08. The lowest BCUT2D eigenvalue weighted by Crippen LogP contribution is -2.43. The van der Waals surface area contributed by atoms with E-state index in [0.717, 1.165) is 6.42 Å². The number of aliphatic hydroxyl groups is 1. The predicted octanol–water partition coefficient (Wildman–Crippen LogP) is 0.236. The summed E-state index contributed by atoms with van der Waals surface area (Å²) in [7, 11) is 0. The fourth-order valence-electron chi connectivity index (χ4n) is 1.42. The number of nitrogens with zero attached hydrogens (tertiary/aromatic N) is 1. The van der Waals surface area contributed by atoms with E-state index in [0.29, 0.717) is 13.1 Å². The van der Waals surface area contributed by atoms with Crippen LogP contribution in [-0.4, -0.2) is 35.1 Å². The van der Waals surface area contributed by atoms with Crippen molar-refractivity contribution in [1.82, 2.24) is 4.90 Å². The van der Waals surface area contributed by atoms with Gasteiger partial charge in [-0.3, -0.25) is 4.79 Å². The molecule has 0 spiro atoms. The average Bonchev–Trinajstić information content (AvgIpc) is 1.94. The maximum Gasteiger partial charge on any atom is 0.219 e. The van der Waals surface area contributed by atoms with Gasteiger partial charge >= 0.3 is 0 Å². The molecular formula is C8H15NO2. The Bertz CT molecular complexity index is 158. The summed E-state index contributed by atoms with van der Waals surface area (Å²) in [5, 5.41) is 9.34. The van der Waals surface area contributed by atoms with E-state index in [-0.39, 0.29) is 17.9 Å². The van der Waals surface area contributed by atoms with Gasteiger partial charge in [0.2, 0.25) is 5.91 Å². The lowest BCUT2D eigenvalue weighted by Gasteiger charge is -2.33. The highest BCUT2D eigenvalue weighted by Crippen LogP contribution is 2.15. The van der Waals surface area contributed by atoms with Crippen molar-refractivity contribution in [3.05, 3.63) is 0 Å². The fourth-order valence-corrected chi connectivity index (χ4v) is 1.42. The zero-order valence-corrected chi connectivity index (χ0v) is 7.08. The predicted molar refractivity (Wildman–Crippen MR) is 42.0 cm³/mol. The second-order valence-electron chi connectivity index (χ2n) is 3.30. The summed E-state index contributed by atoms with van der Waals surface area (Å²) < 4.78 is 0. The third-order valence-corrected chi connectivity index (χ3v) is 2.31. The van der Waals surface area contributed by atoms with Crippen molar-refractivity contribution in [3.63, 3.8) is 0 Å². The Balaban J connectivity index is 2.46. The Morgan fingerprint density at radius 1 is 1.64 bits per heavy atom. The third-order valence-electron chi connectivity index (χ3n) is 2.31. The first kappa shape index (κ1) is 8.53. The lowest BCUT2D eigenvalue weighted by molar-refractivity contribution is -0.132. The lowest BCUT2D eigenvalue weighted by atomic mass is 9.97.